The third kappa shape index (κ3) is 4.46. The Kier molecular flexibility index (Phi) is 5.58. The van der Waals surface area contributed by atoms with Gasteiger partial charge in [-0.05, 0) is 60.2 Å². The molecule has 0 saturated heterocycles. The van der Waals surface area contributed by atoms with Crippen LogP contribution in [0.4, 0.5) is 0 Å². The van der Waals surface area contributed by atoms with E-state index in [1.165, 1.54) is 17.7 Å². The van der Waals surface area contributed by atoms with Gasteiger partial charge in [-0.1, -0.05) is 32.1 Å². The zero-order valence-electron chi connectivity index (χ0n) is 13.5. The lowest BCUT2D eigenvalue weighted by Gasteiger charge is -2.19. The summed E-state index contributed by atoms with van der Waals surface area (Å²) in [5.41, 5.74) is 1.52. The Labute approximate surface area is 137 Å². The van der Waals surface area contributed by atoms with Gasteiger partial charge in [-0.15, -0.1) is 6.58 Å². The van der Waals surface area contributed by atoms with Gasteiger partial charge in [0.1, 0.15) is 11.5 Å². The first-order valence-electron chi connectivity index (χ1n) is 7.73. The highest BCUT2D eigenvalue weighted by Gasteiger charge is 2.13. The summed E-state index contributed by atoms with van der Waals surface area (Å²) in [4.78, 5) is 10.8. The van der Waals surface area contributed by atoms with Gasteiger partial charge in [0.05, 0.1) is 5.56 Å². The van der Waals surface area contributed by atoms with Crippen molar-refractivity contribution in [3.05, 3.63) is 72.3 Å². The topological polar surface area (TPSA) is 46.5 Å². The molecule has 2 atom stereocenters. The quantitative estimate of drug-likeness (QED) is 0.687. The number of ether oxygens (including phenoxy) is 1. The third-order valence-corrected chi connectivity index (χ3v) is 4.13. The van der Waals surface area contributed by atoms with Crippen molar-refractivity contribution in [3.8, 4) is 11.5 Å². The summed E-state index contributed by atoms with van der Waals surface area (Å²) in [5, 5.41) is 8.88. The van der Waals surface area contributed by atoms with Crippen molar-refractivity contribution in [2.75, 3.05) is 0 Å². The van der Waals surface area contributed by atoms with Gasteiger partial charge in [0.15, 0.2) is 0 Å². The lowest BCUT2D eigenvalue weighted by atomic mass is 9.87. The van der Waals surface area contributed by atoms with E-state index in [1.807, 2.05) is 18.2 Å². The van der Waals surface area contributed by atoms with Crippen molar-refractivity contribution >= 4 is 5.97 Å². The van der Waals surface area contributed by atoms with Crippen LogP contribution in [0.1, 0.15) is 42.1 Å². The number of carboxylic acids is 1. The van der Waals surface area contributed by atoms with E-state index < -0.39 is 5.97 Å². The van der Waals surface area contributed by atoms with Crippen LogP contribution in [0.2, 0.25) is 0 Å². The lowest BCUT2D eigenvalue weighted by molar-refractivity contribution is 0.0697. The SMILES string of the molecule is C=CCC(C)C(C)c1ccc(Oc2ccc(C(=O)O)cc2)cc1. The molecule has 23 heavy (non-hydrogen) atoms. The average molecular weight is 310 g/mol. The summed E-state index contributed by atoms with van der Waals surface area (Å²) in [5.74, 6) is 1.42. The maximum absolute atomic E-state index is 10.8. The zero-order valence-corrected chi connectivity index (χ0v) is 13.5. The molecule has 0 saturated carbocycles. The number of carbonyl (C=O) groups is 1. The van der Waals surface area contributed by atoms with E-state index >= 15 is 0 Å². The van der Waals surface area contributed by atoms with Crippen molar-refractivity contribution in [1.82, 2.24) is 0 Å². The molecule has 3 nitrogen and oxygen atoms in total. The summed E-state index contributed by atoms with van der Waals surface area (Å²) in [7, 11) is 0. The van der Waals surface area contributed by atoms with Crippen LogP contribution in [0.5, 0.6) is 11.5 Å². The van der Waals surface area contributed by atoms with Crippen LogP contribution >= 0.6 is 0 Å². The first kappa shape index (κ1) is 16.8. The Balaban J connectivity index is 2.04. The van der Waals surface area contributed by atoms with Gasteiger partial charge in [0.2, 0.25) is 0 Å². The molecule has 0 radical (unpaired) electrons. The summed E-state index contributed by atoms with van der Waals surface area (Å²) in [6, 6.07) is 14.4. The normalized spacial score (nSPS) is 13.1. The number of rotatable bonds is 7. The molecule has 0 aromatic heterocycles. The van der Waals surface area contributed by atoms with E-state index in [0.717, 1.165) is 12.2 Å². The van der Waals surface area contributed by atoms with Crippen molar-refractivity contribution < 1.29 is 14.6 Å². The van der Waals surface area contributed by atoms with Gasteiger partial charge in [-0.3, -0.25) is 0 Å². The van der Waals surface area contributed by atoms with E-state index in [2.05, 4.69) is 32.6 Å². The van der Waals surface area contributed by atoms with Crippen LogP contribution < -0.4 is 4.74 Å². The van der Waals surface area contributed by atoms with Crippen LogP contribution in [0.25, 0.3) is 0 Å². The maximum atomic E-state index is 10.8. The fourth-order valence-electron chi connectivity index (χ4n) is 2.44. The second kappa shape index (κ2) is 7.63. The van der Waals surface area contributed by atoms with Gasteiger partial charge in [-0.2, -0.15) is 0 Å². The zero-order chi connectivity index (χ0) is 16.8. The van der Waals surface area contributed by atoms with Crippen LogP contribution in [0.15, 0.2) is 61.2 Å². The number of hydrogen-bond donors (Lipinski definition) is 1. The van der Waals surface area contributed by atoms with Gasteiger partial charge >= 0.3 is 5.97 Å². The van der Waals surface area contributed by atoms with E-state index in [-0.39, 0.29) is 5.56 Å². The smallest absolute Gasteiger partial charge is 0.335 e. The highest BCUT2D eigenvalue weighted by molar-refractivity contribution is 5.87. The van der Waals surface area contributed by atoms with Crippen molar-refractivity contribution in [2.45, 2.75) is 26.2 Å². The molecule has 2 aromatic rings. The standard InChI is InChI=1S/C20H22O3/c1-4-5-14(2)15(3)16-6-10-18(11-7-16)23-19-12-8-17(9-13-19)20(21)22/h4,6-15H,1,5H2,2-3H3,(H,21,22). The highest BCUT2D eigenvalue weighted by Crippen LogP contribution is 2.29. The Hall–Kier alpha value is -2.55. The van der Waals surface area contributed by atoms with Crippen LogP contribution in [0, 0.1) is 5.92 Å². The van der Waals surface area contributed by atoms with Gasteiger partial charge in [-0.25, -0.2) is 4.79 Å². The number of allylic oxidation sites excluding steroid dienone is 1. The minimum atomic E-state index is -0.941. The molecule has 0 aliphatic carbocycles. The van der Waals surface area contributed by atoms with Gasteiger partial charge in [0.25, 0.3) is 0 Å². The number of aromatic carboxylic acids is 1. The fraction of sp³-hybridized carbons (Fsp3) is 0.250. The molecule has 2 unspecified atom stereocenters. The van der Waals surface area contributed by atoms with Gasteiger partial charge < -0.3 is 9.84 Å². The Morgan fingerprint density at radius 1 is 1.09 bits per heavy atom. The number of carboxylic acid groups (broad SMARTS) is 1. The Bertz CT molecular complexity index is 656. The molecule has 0 aliphatic heterocycles. The predicted octanol–water partition coefficient (Wildman–Crippen LogP) is 5.49. The van der Waals surface area contributed by atoms with Crippen LogP contribution in [0.3, 0.4) is 0 Å². The molecule has 0 aliphatic rings. The van der Waals surface area contributed by atoms with E-state index in [9.17, 15) is 4.79 Å². The monoisotopic (exact) mass is 310 g/mol. The van der Waals surface area contributed by atoms with Gasteiger partial charge in [0, 0.05) is 0 Å². The largest absolute Gasteiger partial charge is 0.478 e. The fourth-order valence-corrected chi connectivity index (χ4v) is 2.44. The first-order chi connectivity index (χ1) is 11.0. The Morgan fingerprint density at radius 3 is 2.09 bits per heavy atom. The number of benzene rings is 2. The molecule has 2 rings (SSSR count). The molecule has 0 amide bonds. The summed E-state index contributed by atoms with van der Waals surface area (Å²) < 4.78 is 5.75. The first-order valence-corrected chi connectivity index (χ1v) is 7.73. The molecule has 120 valence electrons. The molecule has 0 fully saturated rings. The average Bonchev–Trinajstić information content (AvgIpc) is 2.55. The molecule has 1 N–H and O–H groups in total. The summed E-state index contributed by atoms with van der Waals surface area (Å²) >= 11 is 0. The Morgan fingerprint density at radius 2 is 1.61 bits per heavy atom. The highest BCUT2D eigenvalue weighted by atomic mass is 16.5. The summed E-state index contributed by atoms with van der Waals surface area (Å²) in [6.45, 7) is 8.24. The molecule has 2 aromatic carbocycles. The minimum Gasteiger partial charge on any atom is -0.478 e. The predicted molar refractivity (Wildman–Crippen MR) is 92.3 cm³/mol. The molecular weight excluding hydrogens is 288 g/mol. The molecular formula is C20H22O3. The van der Waals surface area contributed by atoms with E-state index in [4.69, 9.17) is 9.84 Å². The van der Waals surface area contributed by atoms with Crippen molar-refractivity contribution in [3.63, 3.8) is 0 Å². The maximum Gasteiger partial charge on any atom is 0.335 e. The lowest BCUT2D eigenvalue weighted by Crippen LogP contribution is -2.05. The summed E-state index contributed by atoms with van der Waals surface area (Å²) in [6.07, 6.45) is 2.95. The minimum absolute atomic E-state index is 0.248. The molecule has 0 spiro atoms. The van der Waals surface area contributed by atoms with Crippen molar-refractivity contribution in [1.29, 1.82) is 0 Å². The molecule has 0 bridgehead atoms. The second-order valence-corrected chi connectivity index (χ2v) is 5.79. The van der Waals surface area contributed by atoms with Crippen molar-refractivity contribution in [2.24, 2.45) is 5.92 Å². The number of hydrogen-bond acceptors (Lipinski definition) is 2. The van der Waals surface area contributed by atoms with E-state index in [0.29, 0.717) is 17.6 Å². The van der Waals surface area contributed by atoms with Crippen LogP contribution in [-0.4, -0.2) is 11.1 Å². The molecule has 0 heterocycles. The van der Waals surface area contributed by atoms with E-state index in [1.54, 1.807) is 12.1 Å². The van der Waals surface area contributed by atoms with Crippen LogP contribution in [-0.2, 0) is 0 Å². The third-order valence-electron chi connectivity index (χ3n) is 4.13. The second-order valence-electron chi connectivity index (χ2n) is 5.79. The molecule has 3 heteroatoms.